The summed E-state index contributed by atoms with van der Waals surface area (Å²) in [7, 11) is 0.300. The van der Waals surface area contributed by atoms with E-state index in [1.807, 2.05) is 6.07 Å². The number of aliphatic hydroxyl groups is 1. The molecule has 0 spiro atoms. The van der Waals surface area contributed by atoms with Crippen molar-refractivity contribution in [3.05, 3.63) is 35.9 Å². The molecular formula is C29H37F2N7O4Si. The van der Waals surface area contributed by atoms with Gasteiger partial charge in [0.1, 0.15) is 36.9 Å². The average Bonchev–Trinajstić information content (AvgIpc) is 3.59. The Hall–Kier alpha value is -3.64. The normalized spacial score (nSPS) is 15.6. The molecule has 43 heavy (non-hydrogen) atoms. The van der Waals surface area contributed by atoms with Crippen molar-refractivity contribution in [1.29, 1.82) is 5.26 Å². The molecule has 1 aliphatic heterocycles. The second kappa shape index (κ2) is 11.8. The van der Waals surface area contributed by atoms with Crippen LogP contribution >= 0.6 is 0 Å². The smallest absolute Gasteiger partial charge is 0.282 e. The van der Waals surface area contributed by atoms with E-state index < -0.39 is 31.9 Å². The number of rotatable bonds is 11. The number of alkyl halides is 2. The topological polar surface area (TPSA) is 125 Å². The largest absolute Gasteiger partial charge is 0.474 e. The van der Waals surface area contributed by atoms with Crippen molar-refractivity contribution in [2.24, 2.45) is 7.05 Å². The lowest BCUT2D eigenvalue weighted by Crippen LogP contribution is -2.37. The fourth-order valence-electron chi connectivity index (χ4n) is 5.07. The highest BCUT2D eigenvalue weighted by atomic mass is 28.3. The number of ether oxygens (including phenoxy) is 3. The second-order valence-electron chi connectivity index (χ2n) is 12.7. The lowest BCUT2D eigenvalue weighted by molar-refractivity contribution is -0.0786. The summed E-state index contributed by atoms with van der Waals surface area (Å²) in [6.45, 7) is 10.8. The number of fused-ring (bicyclic) bond motifs is 2. The van der Waals surface area contributed by atoms with Crippen LogP contribution in [0.25, 0.3) is 33.4 Å². The molecule has 0 amide bonds. The Bertz CT molecular complexity index is 1660. The van der Waals surface area contributed by atoms with Gasteiger partial charge in [-0.15, -0.1) is 0 Å². The summed E-state index contributed by atoms with van der Waals surface area (Å²) in [5.74, 6) is 0.160. The molecule has 0 radical (unpaired) electrons. The molecule has 0 aliphatic carbocycles. The Morgan fingerprint density at radius 3 is 2.70 bits per heavy atom. The first kappa shape index (κ1) is 30.8. The third kappa shape index (κ3) is 6.49. The molecule has 1 atom stereocenters. The first-order chi connectivity index (χ1) is 20.3. The van der Waals surface area contributed by atoms with E-state index in [1.54, 1.807) is 43.9 Å². The van der Waals surface area contributed by atoms with E-state index in [-0.39, 0.29) is 43.6 Å². The molecule has 0 saturated carbocycles. The molecule has 230 valence electrons. The van der Waals surface area contributed by atoms with Gasteiger partial charge in [-0.2, -0.15) is 15.5 Å². The van der Waals surface area contributed by atoms with Crippen LogP contribution < -0.4 is 4.74 Å². The Kier molecular flexibility index (Phi) is 8.45. The van der Waals surface area contributed by atoms with Gasteiger partial charge in [0.25, 0.3) is 6.43 Å². The minimum atomic E-state index is -2.93. The third-order valence-corrected chi connectivity index (χ3v) is 8.77. The number of hydrogen-bond donors (Lipinski definition) is 1. The second-order valence-corrected chi connectivity index (χ2v) is 18.3. The highest BCUT2D eigenvalue weighted by Crippen LogP contribution is 2.48. The van der Waals surface area contributed by atoms with Crippen molar-refractivity contribution in [3.63, 3.8) is 0 Å². The number of halogens is 2. The van der Waals surface area contributed by atoms with Crippen LogP contribution in [0, 0.1) is 11.3 Å². The van der Waals surface area contributed by atoms with Crippen molar-refractivity contribution >= 4 is 19.1 Å². The zero-order valence-corrected chi connectivity index (χ0v) is 26.3. The Labute approximate surface area is 249 Å². The molecule has 0 aromatic carbocycles. The van der Waals surface area contributed by atoms with E-state index in [2.05, 4.69) is 40.9 Å². The van der Waals surface area contributed by atoms with Crippen LogP contribution in [0.3, 0.4) is 0 Å². The molecule has 4 aromatic rings. The number of nitriles is 1. The van der Waals surface area contributed by atoms with Crippen molar-refractivity contribution in [2.75, 3.05) is 19.8 Å². The van der Waals surface area contributed by atoms with Gasteiger partial charge in [-0.05, 0) is 32.0 Å². The molecule has 1 N–H and O–H groups in total. The van der Waals surface area contributed by atoms with Gasteiger partial charge in [0.05, 0.1) is 30.0 Å². The van der Waals surface area contributed by atoms with Crippen molar-refractivity contribution < 1.29 is 28.1 Å². The summed E-state index contributed by atoms with van der Waals surface area (Å²) < 4.78 is 52.3. The van der Waals surface area contributed by atoms with E-state index in [0.717, 1.165) is 6.04 Å². The number of aryl methyl sites for hydroxylation is 1. The molecule has 0 bridgehead atoms. The van der Waals surface area contributed by atoms with Crippen LogP contribution in [-0.2, 0) is 29.8 Å². The van der Waals surface area contributed by atoms with Crippen LogP contribution in [0.1, 0.15) is 31.7 Å². The molecule has 14 heteroatoms. The lowest BCUT2D eigenvalue weighted by atomic mass is 9.99. The minimum Gasteiger partial charge on any atom is -0.474 e. The fourth-order valence-corrected chi connectivity index (χ4v) is 5.83. The first-order valence-electron chi connectivity index (χ1n) is 14.1. The number of nitrogens with zero attached hydrogens (tertiary/aromatic N) is 7. The van der Waals surface area contributed by atoms with E-state index in [9.17, 15) is 19.1 Å². The molecule has 4 aromatic heterocycles. The highest BCUT2D eigenvalue weighted by molar-refractivity contribution is 6.76. The Balaban J connectivity index is 1.71. The lowest BCUT2D eigenvalue weighted by Gasteiger charge is -2.27. The van der Waals surface area contributed by atoms with Crippen molar-refractivity contribution in [3.8, 4) is 34.3 Å². The molecular weight excluding hydrogens is 576 g/mol. The van der Waals surface area contributed by atoms with Gasteiger partial charge in [0, 0.05) is 50.6 Å². The van der Waals surface area contributed by atoms with Gasteiger partial charge < -0.3 is 23.9 Å². The van der Waals surface area contributed by atoms with E-state index in [0.29, 0.717) is 34.5 Å². The Morgan fingerprint density at radius 2 is 2.02 bits per heavy atom. The maximum atomic E-state index is 14.8. The van der Waals surface area contributed by atoms with E-state index in [4.69, 9.17) is 14.2 Å². The summed E-state index contributed by atoms with van der Waals surface area (Å²) in [6.07, 6.45) is -0.111. The SMILES string of the molecule is Cn1cc(-c2c(-c3c(C(F)F)nn4c3OC[C@@H](OCC(C)(C)O)C4)n(COCC[Si](C)(C)C)c3ncccc23)c(C#N)n1. The maximum Gasteiger partial charge on any atom is 0.282 e. The number of aromatic nitrogens is 6. The third-order valence-electron chi connectivity index (χ3n) is 7.07. The maximum absolute atomic E-state index is 14.8. The Morgan fingerprint density at radius 1 is 1.26 bits per heavy atom. The molecule has 5 heterocycles. The highest BCUT2D eigenvalue weighted by Gasteiger charge is 2.36. The minimum absolute atomic E-state index is 0.0418. The number of hydrogen-bond acceptors (Lipinski definition) is 8. The van der Waals surface area contributed by atoms with Gasteiger partial charge in [0.15, 0.2) is 5.69 Å². The summed E-state index contributed by atoms with van der Waals surface area (Å²) in [4.78, 5) is 4.62. The predicted molar refractivity (Wildman–Crippen MR) is 158 cm³/mol. The molecule has 1 aliphatic rings. The summed E-state index contributed by atoms with van der Waals surface area (Å²) in [5.41, 5.74) is 0.577. The van der Waals surface area contributed by atoms with Gasteiger partial charge in [-0.3, -0.25) is 4.68 Å². The summed E-state index contributed by atoms with van der Waals surface area (Å²) in [6, 6.07) is 6.66. The van der Waals surface area contributed by atoms with Gasteiger partial charge in [0.2, 0.25) is 5.88 Å². The zero-order valence-electron chi connectivity index (χ0n) is 25.3. The van der Waals surface area contributed by atoms with Crippen molar-refractivity contribution in [2.45, 2.75) is 70.9 Å². The summed E-state index contributed by atoms with van der Waals surface area (Å²) in [5, 5.41) is 29.3. The van der Waals surface area contributed by atoms with Gasteiger partial charge in [-0.25, -0.2) is 18.4 Å². The molecule has 0 unspecified atom stereocenters. The van der Waals surface area contributed by atoms with E-state index in [1.165, 1.54) is 9.36 Å². The van der Waals surface area contributed by atoms with Crippen LogP contribution in [0.4, 0.5) is 8.78 Å². The number of pyridine rings is 1. The van der Waals surface area contributed by atoms with Crippen LogP contribution in [0.15, 0.2) is 24.5 Å². The van der Waals surface area contributed by atoms with Gasteiger partial charge >= 0.3 is 0 Å². The molecule has 0 saturated heterocycles. The van der Waals surface area contributed by atoms with Crippen LogP contribution in [-0.4, -0.2) is 73.8 Å². The first-order valence-corrected chi connectivity index (χ1v) is 17.8. The van der Waals surface area contributed by atoms with Crippen molar-refractivity contribution in [1.82, 2.24) is 29.1 Å². The predicted octanol–water partition coefficient (Wildman–Crippen LogP) is 4.97. The standard InChI is InChI=1S/C29H37F2N7O4Si/c1-29(2,39)16-42-18-13-38-28(41-15-18)23(24(35-38)26(30)31)25-22(20-14-36(3)34-21(20)12-32)19-8-7-9-33-27(19)37(25)17-40-10-11-43(4,5)6/h7-9,14,18,26,39H,10-11,13,15-17H2,1-6H3/t18-/m0/s1. The molecule has 11 nitrogen and oxygen atoms in total. The molecule has 0 fully saturated rings. The monoisotopic (exact) mass is 613 g/mol. The van der Waals surface area contributed by atoms with Crippen LogP contribution in [0.2, 0.25) is 25.7 Å². The van der Waals surface area contributed by atoms with Gasteiger partial charge in [-0.1, -0.05) is 19.6 Å². The van der Waals surface area contributed by atoms with Crippen LogP contribution in [0.5, 0.6) is 5.88 Å². The summed E-state index contributed by atoms with van der Waals surface area (Å²) >= 11 is 0. The fraction of sp³-hybridized carbons (Fsp3) is 0.517. The van der Waals surface area contributed by atoms with E-state index >= 15 is 0 Å². The average molecular weight is 614 g/mol. The quantitative estimate of drug-likeness (QED) is 0.186. The zero-order chi connectivity index (χ0) is 31.1. The molecule has 5 rings (SSSR count).